The van der Waals surface area contributed by atoms with Crippen LogP contribution in [0.1, 0.15) is 24.8 Å². The molecule has 2 unspecified atom stereocenters. The second-order valence-corrected chi connectivity index (χ2v) is 9.72. The molecule has 3 heterocycles. The van der Waals surface area contributed by atoms with E-state index in [0.717, 1.165) is 41.5 Å². The Morgan fingerprint density at radius 3 is 2.83 bits per heavy atom. The lowest BCUT2D eigenvalue weighted by molar-refractivity contribution is 0.118. The quantitative estimate of drug-likeness (QED) is 0.473. The number of piperidine rings is 1. The fraction of sp³-hybridized carbons (Fsp3) is 0.481. The minimum absolute atomic E-state index is 0.233. The number of ether oxygens (including phenoxy) is 2. The summed E-state index contributed by atoms with van der Waals surface area (Å²) in [5.41, 5.74) is 2.08. The van der Waals surface area contributed by atoms with Gasteiger partial charge in [0, 0.05) is 36.3 Å². The van der Waals surface area contributed by atoms with E-state index in [4.69, 9.17) is 9.47 Å². The maximum atomic E-state index is 13.7. The van der Waals surface area contributed by atoms with Crippen LogP contribution in [-0.2, 0) is 0 Å². The van der Waals surface area contributed by atoms with E-state index in [1.807, 2.05) is 12.1 Å². The number of methoxy groups -OCH3 is 1. The molecule has 5 rings (SSSR count). The monoisotopic (exact) mass is 479 g/mol. The van der Waals surface area contributed by atoms with E-state index in [1.54, 1.807) is 26.2 Å². The number of aromatic nitrogens is 2. The summed E-state index contributed by atoms with van der Waals surface area (Å²) in [7, 11) is 3.90. The van der Waals surface area contributed by atoms with Crippen LogP contribution in [0.3, 0.4) is 0 Å². The number of hydrogen-bond acceptors (Lipinski definition) is 7. The molecular weight excluding hydrogens is 445 g/mol. The Morgan fingerprint density at radius 1 is 1.11 bits per heavy atom. The number of rotatable bonds is 8. The van der Waals surface area contributed by atoms with Crippen LogP contribution in [-0.4, -0.2) is 72.8 Å². The van der Waals surface area contributed by atoms with Crippen LogP contribution in [0.25, 0.3) is 10.9 Å². The number of fused-ring (bicyclic) bond motifs is 2. The molecule has 35 heavy (non-hydrogen) atoms. The van der Waals surface area contributed by atoms with E-state index >= 15 is 0 Å². The molecule has 0 bridgehead atoms. The molecule has 0 saturated carbocycles. The van der Waals surface area contributed by atoms with Crippen molar-refractivity contribution in [3.63, 3.8) is 0 Å². The summed E-state index contributed by atoms with van der Waals surface area (Å²) in [5, 5.41) is 4.10. The molecule has 0 radical (unpaired) electrons. The smallest absolute Gasteiger partial charge is 0.162 e. The Labute approximate surface area is 206 Å². The maximum absolute atomic E-state index is 13.7. The Hall–Kier alpha value is -2.97. The van der Waals surface area contributed by atoms with Gasteiger partial charge in [0.2, 0.25) is 0 Å². The second-order valence-electron chi connectivity index (χ2n) is 9.72. The number of benzene rings is 2. The highest BCUT2D eigenvalue weighted by molar-refractivity contribution is 5.93. The number of anilines is 2. The first-order valence-electron chi connectivity index (χ1n) is 12.4. The lowest BCUT2D eigenvalue weighted by Gasteiger charge is -2.37. The predicted molar refractivity (Wildman–Crippen MR) is 136 cm³/mol. The van der Waals surface area contributed by atoms with E-state index in [1.165, 1.54) is 44.9 Å². The zero-order valence-electron chi connectivity index (χ0n) is 20.8. The molecule has 1 aromatic heterocycles. The molecule has 0 spiro atoms. The minimum Gasteiger partial charge on any atom is -0.493 e. The number of hydrogen-bond donors (Lipinski definition) is 1. The summed E-state index contributed by atoms with van der Waals surface area (Å²) in [5.74, 6) is 2.53. The van der Waals surface area contributed by atoms with Crippen LogP contribution >= 0.6 is 0 Å². The number of nitrogens with zero attached hydrogens (tertiary/aromatic N) is 4. The normalized spacial score (nSPS) is 20.7. The highest BCUT2D eigenvalue weighted by Crippen LogP contribution is 2.35. The van der Waals surface area contributed by atoms with Gasteiger partial charge < -0.3 is 24.6 Å². The van der Waals surface area contributed by atoms with Crippen LogP contribution in [0.2, 0.25) is 0 Å². The highest BCUT2D eigenvalue weighted by Gasteiger charge is 2.35. The van der Waals surface area contributed by atoms with Crippen molar-refractivity contribution in [3.05, 3.63) is 48.0 Å². The van der Waals surface area contributed by atoms with Crippen LogP contribution in [0.15, 0.2) is 36.7 Å². The van der Waals surface area contributed by atoms with Gasteiger partial charge in [-0.3, -0.25) is 0 Å². The zero-order chi connectivity index (χ0) is 24.4. The molecule has 8 heteroatoms. The Morgan fingerprint density at radius 2 is 2.00 bits per heavy atom. The van der Waals surface area contributed by atoms with Crippen molar-refractivity contribution in [3.8, 4) is 11.5 Å². The van der Waals surface area contributed by atoms with E-state index in [9.17, 15) is 4.39 Å². The lowest BCUT2D eigenvalue weighted by atomic mass is 9.93. The first kappa shape index (κ1) is 23.8. The maximum Gasteiger partial charge on any atom is 0.162 e. The first-order chi connectivity index (χ1) is 17.0. The van der Waals surface area contributed by atoms with Crippen LogP contribution in [0.4, 0.5) is 15.9 Å². The fourth-order valence-electron chi connectivity index (χ4n) is 5.46. The molecular formula is C27H34FN5O2. The van der Waals surface area contributed by atoms with Gasteiger partial charge in [0.15, 0.2) is 11.5 Å². The molecule has 2 aliphatic heterocycles. The molecule has 2 fully saturated rings. The summed E-state index contributed by atoms with van der Waals surface area (Å²) < 4.78 is 25.4. The number of nitrogens with one attached hydrogen (secondary N) is 1. The summed E-state index contributed by atoms with van der Waals surface area (Å²) >= 11 is 0. The summed E-state index contributed by atoms with van der Waals surface area (Å²) in [4.78, 5) is 13.9. The molecule has 186 valence electrons. The molecule has 2 atom stereocenters. The van der Waals surface area contributed by atoms with Crippen molar-refractivity contribution >= 4 is 22.4 Å². The molecule has 2 saturated heterocycles. The van der Waals surface area contributed by atoms with E-state index in [2.05, 4.69) is 32.1 Å². The van der Waals surface area contributed by atoms with E-state index < -0.39 is 0 Å². The third-order valence-electron chi connectivity index (χ3n) is 7.41. The molecule has 0 amide bonds. The summed E-state index contributed by atoms with van der Waals surface area (Å²) in [6.45, 7) is 6.99. The Bertz CT molecular complexity index is 1190. The predicted octanol–water partition coefficient (Wildman–Crippen LogP) is 4.62. The van der Waals surface area contributed by atoms with Gasteiger partial charge in [-0.2, -0.15) is 0 Å². The Balaban J connectivity index is 1.25. The van der Waals surface area contributed by atoms with Crippen molar-refractivity contribution in [2.24, 2.45) is 5.92 Å². The standard InChI is InChI=1S/C27H34FN5O2/c1-18-13-20(5-6-22(18)28)31-27-21-14-26(25(34-3)15-23(21)29-17-30-27)35-12-4-9-33-11-8-24-19(16-33)7-10-32(24)2/h5-6,13-15,17,19,24H,4,7-12,16H2,1-3H3,(H,29,30,31). The van der Waals surface area contributed by atoms with E-state index in [-0.39, 0.29) is 5.82 Å². The highest BCUT2D eigenvalue weighted by atomic mass is 19.1. The van der Waals surface area contributed by atoms with Gasteiger partial charge in [0.25, 0.3) is 0 Å². The largest absolute Gasteiger partial charge is 0.493 e. The van der Waals surface area contributed by atoms with Gasteiger partial charge in [-0.1, -0.05) is 0 Å². The fourth-order valence-corrected chi connectivity index (χ4v) is 5.46. The van der Waals surface area contributed by atoms with Gasteiger partial charge in [-0.25, -0.2) is 14.4 Å². The van der Waals surface area contributed by atoms with Crippen molar-refractivity contribution in [2.45, 2.75) is 32.2 Å². The van der Waals surface area contributed by atoms with Crippen LogP contribution in [0, 0.1) is 18.7 Å². The third-order valence-corrected chi connectivity index (χ3v) is 7.41. The van der Waals surface area contributed by atoms with Gasteiger partial charge in [0.05, 0.1) is 19.2 Å². The van der Waals surface area contributed by atoms with Gasteiger partial charge in [-0.15, -0.1) is 0 Å². The number of aryl methyl sites for hydroxylation is 1. The second kappa shape index (κ2) is 10.3. The molecule has 7 nitrogen and oxygen atoms in total. The van der Waals surface area contributed by atoms with Crippen LogP contribution in [0.5, 0.6) is 11.5 Å². The number of halogens is 1. The van der Waals surface area contributed by atoms with Gasteiger partial charge >= 0.3 is 0 Å². The Kier molecular flexibility index (Phi) is 7.02. The molecule has 3 aromatic rings. The molecule has 0 aliphatic carbocycles. The summed E-state index contributed by atoms with van der Waals surface area (Å²) in [6, 6.07) is 9.47. The van der Waals surface area contributed by atoms with Crippen LogP contribution < -0.4 is 14.8 Å². The first-order valence-corrected chi connectivity index (χ1v) is 12.4. The van der Waals surface area contributed by atoms with Crippen molar-refractivity contribution in [2.75, 3.05) is 52.3 Å². The van der Waals surface area contributed by atoms with Gasteiger partial charge in [-0.05, 0) is 82.1 Å². The third kappa shape index (κ3) is 5.18. The van der Waals surface area contributed by atoms with Crippen molar-refractivity contribution in [1.82, 2.24) is 19.8 Å². The van der Waals surface area contributed by atoms with Gasteiger partial charge in [0.1, 0.15) is 18.0 Å². The average molecular weight is 480 g/mol. The zero-order valence-corrected chi connectivity index (χ0v) is 20.8. The summed E-state index contributed by atoms with van der Waals surface area (Å²) in [6.07, 6.45) is 5.05. The average Bonchev–Trinajstić information content (AvgIpc) is 3.24. The van der Waals surface area contributed by atoms with Crippen molar-refractivity contribution in [1.29, 1.82) is 0 Å². The SMILES string of the molecule is COc1cc2ncnc(Nc3ccc(F)c(C)c3)c2cc1OCCCN1CCC2C(CCN2C)C1. The minimum atomic E-state index is -0.233. The number of likely N-dealkylation sites (tertiary alicyclic amines) is 2. The van der Waals surface area contributed by atoms with E-state index in [0.29, 0.717) is 29.5 Å². The molecule has 1 N–H and O–H groups in total. The lowest BCUT2D eigenvalue weighted by Crippen LogP contribution is -2.45. The molecule has 2 aliphatic rings. The topological polar surface area (TPSA) is 62.8 Å². The van der Waals surface area contributed by atoms with Crippen molar-refractivity contribution < 1.29 is 13.9 Å². The molecule has 2 aromatic carbocycles.